The van der Waals surface area contributed by atoms with Crippen LogP contribution in [-0.2, 0) is 11.3 Å². The molecule has 1 unspecified atom stereocenters. The van der Waals surface area contributed by atoms with Crippen LogP contribution in [0.5, 0.6) is 0 Å². The smallest absolute Gasteiger partial charge is 0.0712 e. The zero-order valence-corrected chi connectivity index (χ0v) is 25.0. The first-order valence-electron chi connectivity index (χ1n) is 14.5. The van der Waals surface area contributed by atoms with E-state index in [0.29, 0.717) is 11.6 Å². The molecule has 3 aromatic carbocycles. The van der Waals surface area contributed by atoms with E-state index in [9.17, 15) is 0 Å². The summed E-state index contributed by atoms with van der Waals surface area (Å²) < 4.78 is 5.46. The third-order valence-corrected chi connectivity index (χ3v) is 8.30. The Morgan fingerprint density at radius 1 is 0.833 bits per heavy atom. The molecule has 6 rings (SSSR count). The first kappa shape index (κ1) is 28.8. The number of ether oxygens (including phenoxy) is 1. The summed E-state index contributed by atoms with van der Waals surface area (Å²) in [7, 11) is 0. The minimum Gasteiger partial charge on any atom is -0.379 e. The number of hydrogen-bond acceptors (Lipinski definition) is 5. The van der Waals surface area contributed by atoms with Gasteiger partial charge in [0.15, 0.2) is 0 Å². The standard InChI is InChI=1S/C35H34Cl2N4O/c36-29-10-7-25(8-11-29)35(28-5-2-13-38-23-28)27-9-12-34-33(21-27)32(26-4-1-6-30(37)20-26)22-31(40-34)24-39-14-3-15-41-16-18-42-19-17-41/h1-2,4-13,20-23,35,39H,3,14-19,24H2. The zero-order valence-electron chi connectivity index (χ0n) is 23.5. The number of aromatic nitrogens is 2. The second-order valence-corrected chi connectivity index (χ2v) is 11.6. The van der Waals surface area contributed by atoms with Gasteiger partial charge in [-0.3, -0.25) is 14.9 Å². The van der Waals surface area contributed by atoms with Crippen molar-refractivity contribution in [3.63, 3.8) is 0 Å². The number of benzene rings is 3. The van der Waals surface area contributed by atoms with Gasteiger partial charge in [-0.15, -0.1) is 0 Å². The van der Waals surface area contributed by atoms with Gasteiger partial charge in [-0.1, -0.05) is 59.6 Å². The van der Waals surface area contributed by atoms with Crippen LogP contribution >= 0.6 is 23.2 Å². The van der Waals surface area contributed by atoms with Crippen LogP contribution < -0.4 is 5.32 Å². The monoisotopic (exact) mass is 596 g/mol. The molecule has 1 fully saturated rings. The molecule has 0 aliphatic carbocycles. The summed E-state index contributed by atoms with van der Waals surface area (Å²) in [5.41, 5.74) is 7.61. The summed E-state index contributed by atoms with van der Waals surface area (Å²) in [4.78, 5) is 12.0. The van der Waals surface area contributed by atoms with Crippen LogP contribution in [0.1, 0.15) is 34.7 Å². The molecule has 1 atom stereocenters. The molecule has 1 N–H and O–H groups in total. The van der Waals surface area contributed by atoms with E-state index in [2.05, 4.69) is 63.7 Å². The second kappa shape index (κ2) is 13.8. The molecule has 1 saturated heterocycles. The molecule has 0 bridgehead atoms. The number of pyridine rings is 2. The van der Waals surface area contributed by atoms with Crippen LogP contribution in [0.25, 0.3) is 22.0 Å². The fraction of sp³-hybridized carbons (Fsp3) is 0.257. The molecular formula is C35H34Cl2N4O. The summed E-state index contributed by atoms with van der Waals surface area (Å²) in [6, 6.07) is 29.0. The van der Waals surface area contributed by atoms with E-state index < -0.39 is 0 Å². The van der Waals surface area contributed by atoms with Crippen molar-refractivity contribution in [3.8, 4) is 11.1 Å². The van der Waals surface area contributed by atoms with Gasteiger partial charge >= 0.3 is 0 Å². The van der Waals surface area contributed by atoms with Gasteiger partial charge < -0.3 is 10.1 Å². The summed E-state index contributed by atoms with van der Waals surface area (Å²) >= 11 is 12.7. The largest absolute Gasteiger partial charge is 0.379 e. The molecular weight excluding hydrogens is 563 g/mol. The maximum Gasteiger partial charge on any atom is 0.0712 e. The highest BCUT2D eigenvalue weighted by Crippen LogP contribution is 2.37. The van der Waals surface area contributed by atoms with Gasteiger partial charge in [-0.2, -0.15) is 0 Å². The van der Waals surface area contributed by atoms with Crippen LogP contribution in [-0.4, -0.2) is 54.3 Å². The number of hydrogen-bond donors (Lipinski definition) is 1. The van der Waals surface area contributed by atoms with Crippen molar-refractivity contribution in [1.82, 2.24) is 20.2 Å². The van der Waals surface area contributed by atoms with Crippen molar-refractivity contribution < 1.29 is 4.74 Å². The summed E-state index contributed by atoms with van der Waals surface area (Å²) in [5, 5.41) is 6.13. The van der Waals surface area contributed by atoms with Crippen LogP contribution in [0.15, 0.2) is 97.3 Å². The van der Waals surface area contributed by atoms with Crippen LogP contribution in [0.2, 0.25) is 10.0 Å². The first-order valence-corrected chi connectivity index (χ1v) is 15.3. The average Bonchev–Trinajstić information content (AvgIpc) is 3.03. The zero-order chi connectivity index (χ0) is 28.7. The Morgan fingerprint density at radius 2 is 1.67 bits per heavy atom. The highest BCUT2D eigenvalue weighted by atomic mass is 35.5. The highest BCUT2D eigenvalue weighted by molar-refractivity contribution is 6.31. The average molecular weight is 598 g/mol. The van der Waals surface area contributed by atoms with E-state index in [0.717, 1.165) is 95.3 Å². The lowest BCUT2D eigenvalue weighted by Crippen LogP contribution is -2.37. The van der Waals surface area contributed by atoms with Gasteiger partial charge in [0.2, 0.25) is 0 Å². The number of rotatable bonds is 10. The van der Waals surface area contributed by atoms with Gasteiger partial charge in [0.25, 0.3) is 0 Å². The van der Waals surface area contributed by atoms with Crippen molar-refractivity contribution in [2.75, 3.05) is 39.4 Å². The molecule has 5 aromatic rings. The third-order valence-electron chi connectivity index (χ3n) is 7.81. The van der Waals surface area contributed by atoms with Crippen molar-refractivity contribution in [1.29, 1.82) is 0 Å². The molecule has 0 spiro atoms. The second-order valence-electron chi connectivity index (χ2n) is 10.7. The van der Waals surface area contributed by atoms with Gasteiger partial charge in [-0.05, 0) is 95.9 Å². The lowest BCUT2D eigenvalue weighted by atomic mass is 9.85. The lowest BCUT2D eigenvalue weighted by molar-refractivity contribution is 0.0374. The van der Waals surface area contributed by atoms with Crippen molar-refractivity contribution >= 4 is 34.1 Å². The summed E-state index contributed by atoms with van der Waals surface area (Å²) in [5.74, 6) is 0.000359. The van der Waals surface area contributed by atoms with E-state index in [1.54, 1.807) is 0 Å². The van der Waals surface area contributed by atoms with Crippen LogP contribution in [0.3, 0.4) is 0 Å². The first-order chi connectivity index (χ1) is 20.6. The molecule has 5 nitrogen and oxygen atoms in total. The molecule has 1 aliphatic rings. The molecule has 2 aromatic heterocycles. The Morgan fingerprint density at radius 3 is 2.45 bits per heavy atom. The van der Waals surface area contributed by atoms with E-state index in [1.807, 2.05) is 48.8 Å². The minimum atomic E-state index is 0.000359. The molecule has 0 saturated carbocycles. The van der Waals surface area contributed by atoms with Crippen molar-refractivity contribution in [3.05, 3.63) is 130 Å². The quantitative estimate of drug-likeness (QED) is 0.168. The van der Waals surface area contributed by atoms with Crippen molar-refractivity contribution in [2.24, 2.45) is 0 Å². The number of nitrogens with zero attached hydrogens (tertiary/aromatic N) is 3. The molecule has 3 heterocycles. The van der Waals surface area contributed by atoms with Gasteiger partial charge in [0.05, 0.1) is 24.4 Å². The van der Waals surface area contributed by atoms with Crippen molar-refractivity contribution in [2.45, 2.75) is 18.9 Å². The number of morpholine rings is 1. The van der Waals surface area contributed by atoms with Gasteiger partial charge in [0, 0.05) is 53.4 Å². The molecule has 42 heavy (non-hydrogen) atoms. The van der Waals surface area contributed by atoms with Crippen LogP contribution in [0, 0.1) is 0 Å². The van der Waals surface area contributed by atoms with E-state index in [-0.39, 0.29) is 5.92 Å². The summed E-state index contributed by atoms with van der Waals surface area (Å²) in [6.45, 7) is 6.46. The number of fused-ring (bicyclic) bond motifs is 1. The number of nitrogens with one attached hydrogen (secondary N) is 1. The SMILES string of the molecule is Clc1ccc(C(c2cccnc2)c2ccc3nc(CNCCCN4CCOCC4)cc(-c4cccc(Cl)c4)c3c2)cc1. The fourth-order valence-corrected chi connectivity index (χ4v) is 6.03. The van der Waals surface area contributed by atoms with Gasteiger partial charge in [0.1, 0.15) is 0 Å². The topological polar surface area (TPSA) is 50.3 Å². The Hall–Kier alpha value is -3.32. The van der Waals surface area contributed by atoms with E-state index in [4.69, 9.17) is 32.9 Å². The Kier molecular flexibility index (Phi) is 9.44. The fourth-order valence-electron chi connectivity index (χ4n) is 5.71. The Balaban J connectivity index is 1.33. The molecule has 0 radical (unpaired) electrons. The molecule has 1 aliphatic heterocycles. The Bertz CT molecular complexity index is 1620. The minimum absolute atomic E-state index is 0.000359. The maximum absolute atomic E-state index is 6.47. The normalized spacial score (nSPS) is 14.7. The summed E-state index contributed by atoms with van der Waals surface area (Å²) in [6.07, 6.45) is 4.84. The molecule has 7 heteroatoms. The number of halogens is 2. The van der Waals surface area contributed by atoms with E-state index in [1.165, 1.54) is 0 Å². The lowest BCUT2D eigenvalue weighted by Gasteiger charge is -2.26. The predicted octanol–water partition coefficient (Wildman–Crippen LogP) is 7.60. The Labute approximate surface area is 257 Å². The van der Waals surface area contributed by atoms with E-state index >= 15 is 0 Å². The van der Waals surface area contributed by atoms with Crippen LogP contribution in [0.4, 0.5) is 0 Å². The molecule has 214 valence electrons. The van der Waals surface area contributed by atoms with Gasteiger partial charge in [-0.25, -0.2) is 0 Å². The predicted molar refractivity (Wildman–Crippen MR) is 172 cm³/mol. The third kappa shape index (κ3) is 7.00. The molecule has 0 amide bonds. The maximum atomic E-state index is 6.47. The highest BCUT2D eigenvalue weighted by Gasteiger charge is 2.19.